The summed E-state index contributed by atoms with van der Waals surface area (Å²) >= 11 is 5.08. The highest BCUT2D eigenvalue weighted by molar-refractivity contribution is 7.80. The van der Waals surface area contributed by atoms with Gasteiger partial charge in [0.15, 0.2) is 0 Å². The van der Waals surface area contributed by atoms with E-state index in [0.29, 0.717) is 4.99 Å². The molecule has 5 heteroatoms. The number of hydrogen-bond donors (Lipinski definition) is 1. The number of benzene rings is 1. The highest BCUT2D eigenvalue weighted by atomic mass is 32.1. The summed E-state index contributed by atoms with van der Waals surface area (Å²) in [6.45, 7) is 7.73. The van der Waals surface area contributed by atoms with Crippen LogP contribution in [-0.2, 0) is 11.3 Å². The Morgan fingerprint density at radius 3 is 2.85 bits per heavy atom. The van der Waals surface area contributed by atoms with Gasteiger partial charge < -0.3 is 15.2 Å². The lowest BCUT2D eigenvalue weighted by Gasteiger charge is -2.38. The SMILES string of the molecule is COc1ccc(CN2CCOC(C)(C)C2)cc1C(N)=S. The summed E-state index contributed by atoms with van der Waals surface area (Å²) < 4.78 is 11.0. The second-order valence-electron chi connectivity index (χ2n) is 5.72. The summed E-state index contributed by atoms with van der Waals surface area (Å²) in [6.07, 6.45) is 0. The maximum Gasteiger partial charge on any atom is 0.129 e. The van der Waals surface area contributed by atoms with Crippen LogP contribution >= 0.6 is 12.2 Å². The van der Waals surface area contributed by atoms with Crippen molar-refractivity contribution < 1.29 is 9.47 Å². The third-order valence-electron chi connectivity index (χ3n) is 3.44. The molecule has 1 aliphatic heterocycles. The van der Waals surface area contributed by atoms with Crippen LogP contribution in [0.1, 0.15) is 25.0 Å². The minimum atomic E-state index is -0.0866. The van der Waals surface area contributed by atoms with Gasteiger partial charge in [-0.2, -0.15) is 0 Å². The van der Waals surface area contributed by atoms with E-state index < -0.39 is 0 Å². The smallest absolute Gasteiger partial charge is 0.129 e. The largest absolute Gasteiger partial charge is 0.496 e. The molecule has 1 aromatic rings. The summed E-state index contributed by atoms with van der Waals surface area (Å²) in [5, 5.41) is 0. The number of thiocarbonyl (C=S) groups is 1. The van der Waals surface area contributed by atoms with Gasteiger partial charge >= 0.3 is 0 Å². The molecule has 1 aliphatic rings. The van der Waals surface area contributed by atoms with E-state index in [1.165, 1.54) is 5.56 Å². The minimum Gasteiger partial charge on any atom is -0.496 e. The number of nitrogens with two attached hydrogens (primary N) is 1. The minimum absolute atomic E-state index is 0.0866. The number of ether oxygens (including phenoxy) is 2. The maximum atomic E-state index is 5.75. The van der Waals surface area contributed by atoms with Crippen LogP contribution in [0.5, 0.6) is 5.75 Å². The van der Waals surface area contributed by atoms with Gasteiger partial charge in [0.25, 0.3) is 0 Å². The highest BCUT2D eigenvalue weighted by Crippen LogP contribution is 2.23. The van der Waals surface area contributed by atoms with Crippen molar-refractivity contribution in [2.45, 2.75) is 26.0 Å². The molecule has 0 aliphatic carbocycles. The van der Waals surface area contributed by atoms with E-state index >= 15 is 0 Å². The number of hydrogen-bond acceptors (Lipinski definition) is 4. The lowest BCUT2D eigenvalue weighted by Crippen LogP contribution is -2.47. The molecule has 0 aromatic heterocycles. The highest BCUT2D eigenvalue weighted by Gasteiger charge is 2.27. The molecule has 4 nitrogen and oxygen atoms in total. The molecule has 0 amide bonds. The summed E-state index contributed by atoms with van der Waals surface area (Å²) in [5.74, 6) is 0.726. The fourth-order valence-corrected chi connectivity index (χ4v) is 2.71. The average Bonchev–Trinajstić information content (AvgIpc) is 2.37. The van der Waals surface area contributed by atoms with Gasteiger partial charge in [0.2, 0.25) is 0 Å². The molecule has 20 heavy (non-hydrogen) atoms. The van der Waals surface area contributed by atoms with E-state index in [9.17, 15) is 0 Å². The van der Waals surface area contributed by atoms with Crippen molar-refractivity contribution in [2.24, 2.45) is 5.73 Å². The quantitative estimate of drug-likeness (QED) is 0.860. The molecule has 0 atom stereocenters. The first kappa shape index (κ1) is 15.2. The zero-order valence-corrected chi connectivity index (χ0v) is 13.1. The molecule has 1 fully saturated rings. The molecule has 2 N–H and O–H groups in total. The Labute approximate surface area is 125 Å². The summed E-state index contributed by atoms with van der Waals surface area (Å²) in [5.41, 5.74) is 7.65. The van der Waals surface area contributed by atoms with Crippen LogP contribution in [0, 0.1) is 0 Å². The van der Waals surface area contributed by atoms with Gasteiger partial charge in [-0.05, 0) is 31.5 Å². The van der Waals surface area contributed by atoms with Gasteiger partial charge in [0, 0.05) is 19.6 Å². The first-order valence-electron chi connectivity index (χ1n) is 6.74. The Morgan fingerprint density at radius 2 is 2.25 bits per heavy atom. The van der Waals surface area contributed by atoms with Gasteiger partial charge in [-0.15, -0.1) is 0 Å². The van der Waals surface area contributed by atoms with Crippen LogP contribution in [0.2, 0.25) is 0 Å². The maximum absolute atomic E-state index is 5.75. The van der Waals surface area contributed by atoms with Crippen molar-refractivity contribution in [3.8, 4) is 5.75 Å². The number of nitrogens with zero attached hydrogens (tertiary/aromatic N) is 1. The van der Waals surface area contributed by atoms with E-state index in [1.54, 1.807) is 7.11 Å². The van der Waals surface area contributed by atoms with Crippen LogP contribution in [0.4, 0.5) is 0 Å². The van der Waals surface area contributed by atoms with E-state index in [4.69, 9.17) is 27.4 Å². The monoisotopic (exact) mass is 294 g/mol. The average molecular weight is 294 g/mol. The Hall–Kier alpha value is -1.17. The van der Waals surface area contributed by atoms with Crippen molar-refractivity contribution in [1.29, 1.82) is 0 Å². The Kier molecular flexibility index (Phi) is 4.62. The Morgan fingerprint density at radius 1 is 1.50 bits per heavy atom. The van der Waals surface area contributed by atoms with Crippen LogP contribution < -0.4 is 10.5 Å². The third kappa shape index (κ3) is 3.69. The van der Waals surface area contributed by atoms with Gasteiger partial charge in [0.1, 0.15) is 10.7 Å². The van der Waals surface area contributed by atoms with Gasteiger partial charge in [-0.25, -0.2) is 0 Å². The summed E-state index contributed by atoms with van der Waals surface area (Å²) in [4.78, 5) is 2.75. The predicted octanol–water partition coefficient (Wildman–Crippen LogP) is 1.94. The van der Waals surface area contributed by atoms with Crippen LogP contribution in [0.15, 0.2) is 18.2 Å². The van der Waals surface area contributed by atoms with Gasteiger partial charge in [-0.3, -0.25) is 4.90 Å². The number of morpholine rings is 1. The first-order chi connectivity index (χ1) is 9.41. The molecule has 1 aromatic carbocycles. The zero-order valence-electron chi connectivity index (χ0n) is 12.3. The topological polar surface area (TPSA) is 47.7 Å². The fraction of sp³-hybridized carbons (Fsp3) is 0.533. The van der Waals surface area contributed by atoms with Crippen LogP contribution in [0.3, 0.4) is 0 Å². The standard InChI is InChI=1S/C15H22N2O2S/c1-15(2)10-17(6-7-19-15)9-11-4-5-13(18-3)12(8-11)14(16)20/h4-5,8H,6-7,9-10H2,1-3H3,(H2,16,20). The fourth-order valence-electron chi connectivity index (χ4n) is 2.55. The predicted molar refractivity (Wildman–Crippen MR) is 84.2 cm³/mol. The van der Waals surface area contributed by atoms with E-state index in [1.807, 2.05) is 12.1 Å². The molecule has 0 bridgehead atoms. The number of methoxy groups -OCH3 is 1. The normalized spacial score (nSPS) is 18.8. The zero-order chi connectivity index (χ0) is 14.8. The lowest BCUT2D eigenvalue weighted by atomic mass is 10.1. The van der Waals surface area contributed by atoms with Crippen molar-refractivity contribution in [1.82, 2.24) is 4.90 Å². The molecule has 0 unspecified atom stereocenters. The molecular weight excluding hydrogens is 272 g/mol. The van der Waals surface area contributed by atoms with E-state index in [2.05, 4.69) is 24.8 Å². The molecule has 1 saturated heterocycles. The molecule has 0 spiro atoms. The summed E-state index contributed by atoms with van der Waals surface area (Å²) in [6, 6.07) is 6.00. The molecule has 0 radical (unpaired) electrons. The Balaban J connectivity index is 2.13. The van der Waals surface area contributed by atoms with Gasteiger partial charge in [-0.1, -0.05) is 18.3 Å². The lowest BCUT2D eigenvalue weighted by molar-refractivity contribution is -0.0882. The van der Waals surface area contributed by atoms with Crippen molar-refractivity contribution in [3.63, 3.8) is 0 Å². The molecule has 110 valence electrons. The van der Waals surface area contributed by atoms with Crippen LogP contribution in [0.25, 0.3) is 0 Å². The first-order valence-corrected chi connectivity index (χ1v) is 7.15. The second kappa shape index (κ2) is 6.08. The molecular formula is C15H22N2O2S. The summed E-state index contributed by atoms with van der Waals surface area (Å²) in [7, 11) is 1.63. The van der Waals surface area contributed by atoms with Crippen LogP contribution in [-0.4, -0.2) is 42.3 Å². The third-order valence-corrected chi connectivity index (χ3v) is 3.66. The number of rotatable bonds is 4. The Bertz CT molecular complexity index is 503. The van der Waals surface area contributed by atoms with Crippen molar-refractivity contribution in [3.05, 3.63) is 29.3 Å². The van der Waals surface area contributed by atoms with Gasteiger partial charge in [0.05, 0.1) is 24.9 Å². The molecule has 0 saturated carbocycles. The van der Waals surface area contributed by atoms with Crippen molar-refractivity contribution >= 4 is 17.2 Å². The molecule has 1 heterocycles. The van der Waals surface area contributed by atoms with E-state index in [0.717, 1.165) is 37.6 Å². The molecule has 2 rings (SSSR count). The second-order valence-corrected chi connectivity index (χ2v) is 6.16. The van der Waals surface area contributed by atoms with E-state index in [-0.39, 0.29) is 5.60 Å². The van der Waals surface area contributed by atoms with Crippen molar-refractivity contribution in [2.75, 3.05) is 26.8 Å².